The lowest BCUT2D eigenvalue weighted by Crippen LogP contribution is -2.54. The molecule has 226 valence electrons. The minimum Gasteiger partial charge on any atom is -0.350 e. The van der Waals surface area contributed by atoms with Crippen molar-refractivity contribution in [2.75, 3.05) is 17.1 Å². The Labute approximate surface area is 252 Å². The van der Waals surface area contributed by atoms with E-state index in [1.54, 1.807) is 17.0 Å². The van der Waals surface area contributed by atoms with Gasteiger partial charge in [0.05, 0.1) is 11.9 Å². The van der Waals surface area contributed by atoms with Gasteiger partial charge < -0.3 is 10.2 Å². The fraction of sp³-hybridized carbons (Fsp3) is 0.412. The number of amides is 2. The first-order valence-corrected chi connectivity index (χ1v) is 16.4. The zero-order valence-electron chi connectivity index (χ0n) is 25.8. The largest absolute Gasteiger partial charge is 0.350 e. The molecule has 0 saturated carbocycles. The summed E-state index contributed by atoms with van der Waals surface area (Å²) < 4.78 is 26.7. The molecule has 0 spiro atoms. The number of hydrogen-bond acceptors (Lipinski definition) is 4. The van der Waals surface area contributed by atoms with Gasteiger partial charge in [-0.3, -0.25) is 13.9 Å². The van der Waals surface area contributed by atoms with E-state index in [4.69, 9.17) is 0 Å². The first kappa shape index (κ1) is 32.9. The molecule has 42 heavy (non-hydrogen) atoms. The summed E-state index contributed by atoms with van der Waals surface area (Å²) in [5, 5.41) is 3.07. The van der Waals surface area contributed by atoms with Gasteiger partial charge in [0.15, 0.2) is 0 Å². The lowest BCUT2D eigenvalue weighted by Gasteiger charge is -2.34. The number of carbonyl (C=O) groups is 2. The van der Waals surface area contributed by atoms with Crippen molar-refractivity contribution in [1.29, 1.82) is 0 Å². The third-order valence-electron chi connectivity index (χ3n) is 7.03. The molecule has 8 heteroatoms. The van der Waals surface area contributed by atoms with Crippen molar-refractivity contribution in [2.24, 2.45) is 0 Å². The third-order valence-corrected chi connectivity index (χ3v) is 8.22. The molecule has 3 aromatic rings. The van der Waals surface area contributed by atoms with Crippen molar-refractivity contribution in [3.05, 3.63) is 101 Å². The number of carbonyl (C=O) groups excluding carboxylic acids is 2. The molecule has 0 unspecified atom stereocenters. The van der Waals surface area contributed by atoms with Crippen molar-refractivity contribution in [3.63, 3.8) is 0 Å². The highest BCUT2D eigenvalue weighted by atomic mass is 32.2. The maximum Gasteiger partial charge on any atom is 0.243 e. The second-order valence-corrected chi connectivity index (χ2v) is 13.8. The molecule has 0 aliphatic heterocycles. The number of nitrogens with zero attached hydrogens (tertiary/aromatic N) is 2. The van der Waals surface area contributed by atoms with Crippen LogP contribution >= 0.6 is 0 Å². The molecule has 1 atom stereocenters. The minimum atomic E-state index is -3.55. The Hall–Kier alpha value is -3.65. The highest BCUT2D eigenvalue weighted by Crippen LogP contribution is 2.21. The fourth-order valence-electron chi connectivity index (χ4n) is 4.80. The third kappa shape index (κ3) is 10.0. The molecule has 0 bridgehead atoms. The monoisotopic (exact) mass is 591 g/mol. The van der Waals surface area contributed by atoms with Crippen LogP contribution in [0.5, 0.6) is 0 Å². The average Bonchev–Trinajstić information content (AvgIpc) is 2.93. The van der Waals surface area contributed by atoms with Crippen LogP contribution in [0.25, 0.3) is 0 Å². The Bertz CT molecular complexity index is 1410. The van der Waals surface area contributed by atoms with E-state index < -0.39 is 21.6 Å². The summed E-state index contributed by atoms with van der Waals surface area (Å²) in [7, 11) is -3.55. The van der Waals surface area contributed by atoms with Crippen LogP contribution in [0, 0.1) is 6.92 Å². The predicted octanol–water partition coefficient (Wildman–Crippen LogP) is 5.66. The van der Waals surface area contributed by atoms with Crippen molar-refractivity contribution in [2.45, 2.75) is 78.4 Å². The first-order valence-electron chi connectivity index (χ1n) is 14.5. The van der Waals surface area contributed by atoms with Crippen LogP contribution in [0.1, 0.15) is 62.8 Å². The summed E-state index contributed by atoms with van der Waals surface area (Å²) in [6.07, 6.45) is 2.81. The molecule has 0 radical (unpaired) electrons. The van der Waals surface area contributed by atoms with E-state index in [2.05, 4.69) is 5.32 Å². The Balaban J connectivity index is 1.88. The summed E-state index contributed by atoms with van der Waals surface area (Å²) >= 11 is 0. The molecule has 7 nitrogen and oxygen atoms in total. The number of rotatable bonds is 13. The van der Waals surface area contributed by atoms with Crippen LogP contribution in [0.4, 0.5) is 5.69 Å². The molecule has 2 amide bonds. The molecule has 3 aromatic carbocycles. The molecule has 0 fully saturated rings. The molecule has 0 heterocycles. The number of benzene rings is 3. The van der Waals surface area contributed by atoms with E-state index in [1.165, 1.54) is 10.6 Å². The van der Waals surface area contributed by atoms with Crippen molar-refractivity contribution in [3.8, 4) is 0 Å². The van der Waals surface area contributed by atoms with E-state index in [0.717, 1.165) is 28.7 Å². The summed E-state index contributed by atoms with van der Waals surface area (Å²) in [4.78, 5) is 29.3. The number of aryl methyl sites for hydroxylation is 2. The highest BCUT2D eigenvalue weighted by molar-refractivity contribution is 7.92. The van der Waals surface area contributed by atoms with Gasteiger partial charge in [-0.2, -0.15) is 0 Å². The topological polar surface area (TPSA) is 86.8 Å². The van der Waals surface area contributed by atoms with E-state index >= 15 is 0 Å². The van der Waals surface area contributed by atoms with Gasteiger partial charge in [-0.15, -0.1) is 0 Å². The average molecular weight is 592 g/mol. The number of nitrogens with one attached hydrogen (secondary N) is 1. The quantitative estimate of drug-likeness (QED) is 0.278. The Morgan fingerprint density at radius 2 is 1.45 bits per heavy atom. The highest BCUT2D eigenvalue weighted by Gasteiger charge is 2.32. The number of hydrogen-bond donors (Lipinski definition) is 1. The van der Waals surface area contributed by atoms with Crippen molar-refractivity contribution in [1.82, 2.24) is 10.2 Å². The Morgan fingerprint density at radius 3 is 2.00 bits per heavy atom. The molecule has 0 saturated heterocycles. The summed E-state index contributed by atoms with van der Waals surface area (Å²) in [6.45, 7) is 10.2. The zero-order valence-corrected chi connectivity index (χ0v) is 26.6. The molecule has 3 rings (SSSR count). The molecule has 0 aliphatic carbocycles. The van der Waals surface area contributed by atoms with Gasteiger partial charge in [0.25, 0.3) is 0 Å². The number of sulfonamides is 1. The first-order chi connectivity index (χ1) is 19.8. The predicted molar refractivity (Wildman–Crippen MR) is 171 cm³/mol. The Kier molecular flexibility index (Phi) is 11.3. The lowest BCUT2D eigenvalue weighted by molar-refractivity contribution is -0.142. The summed E-state index contributed by atoms with van der Waals surface area (Å²) in [6, 6.07) is 24.3. The Morgan fingerprint density at radius 1 is 0.857 bits per heavy atom. The zero-order chi connectivity index (χ0) is 30.9. The van der Waals surface area contributed by atoms with Crippen LogP contribution in [0.15, 0.2) is 78.9 Å². The van der Waals surface area contributed by atoms with E-state index in [1.807, 2.05) is 101 Å². The van der Waals surface area contributed by atoms with Crippen LogP contribution in [0.2, 0.25) is 0 Å². The van der Waals surface area contributed by atoms with Crippen LogP contribution in [0.3, 0.4) is 0 Å². The van der Waals surface area contributed by atoms with Crippen molar-refractivity contribution < 1.29 is 18.0 Å². The maximum absolute atomic E-state index is 13.9. The summed E-state index contributed by atoms with van der Waals surface area (Å²) in [5.41, 5.74) is 4.19. The van der Waals surface area contributed by atoms with Gasteiger partial charge in [-0.1, -0.05) is 79.2 Å². The standard InChI is InChI=1S/C34H45N3O4S/c1-7-27-19-21-30(22-20-27)37(42(6,40)41)23-11-14-32(38)36(25-29-17-15-26(2)16-18-29)31(33(39)35-34(3,4)5)24-28-12-9-8-10-13-28/h8-10,12-13,15-22,31H,7,11,14,23-25H2,1-6H3,(H,35,39)/t31-/m0/s1. The molecule has 0 aromatic heterocycles. The summed E-state index contributed by atoms with van der Waals surface area (Å²) in [5.74, 6) is -0.420. The van der Waals surface area contributed by atoms with Gasteiger partial charge >= 0.3 is 0 Å². The second-order valence-electron chi connectivity index (χ2n) is 11.9. The molecule has 1 N–H and O–H groups in total. The second kappa shape index (κ2) is 14.5. The van der Waals surface area contributed by atoms with Crippen LogP contribution in [-0.2, 0) is 39.0 Å². The molecule has 0 aliphatic rings. The van der Waals surface area contributed by atoms with E-state index in [-0.39, 0.29) is 31.3 Å². The van der Waals surface area contributed by atoms with Gasteiger partial charge in [-0.25, -0.2) is 8.42 Å². The van der Waals surface area contributed by atoms with Crippen molar-refractivity contribution >= 4 is 27.5 Å². The maximum atomic E-state index is 13.9. The number of anilines is 1. The lowest BCUT2D eigenvalue weighted by atomic mass is 10.00. The molecular weight excluding hydrogens is 546 g/mol. The molecular formula is C34H45N3O4S. The SMILES string of the molecule is CCc1ccc(N(CCCC(=O)N(Cc2ccc(C)cc2)[C@@H](Cc2ccccc2)C(=O)NC(C)(C)C)S(C)(=O)=O)cc1. The normalized spacial score (nSPS) is 12.4. The minimum absolute atomic E-state index is 0.0962. The van der Waals surface area contributed by atoms with Crippen LogP contribution in [-0.4, -0.2) is 49.5 Å². The van der Waals surface area contributed by atoms with Crippen LogP contribution < -0.4 is 9.62 Å². The van der Waals surface area contributed by atoms with Gasteiger partial charge in [-0.05, 0) is 69.4 Å². The van der Waals surface area contributed by atoms with E-state index in [9.17, 15) is 18.0 Å². The fourth-order valence-corrected chi connectivity index (χ4v) is 5.76. The smallest absolute Gasteiger partial charge is 0.243 e. The van der Waals surface area contributed by atoms with E-state index in [0.29, 0.717) is 18.5 Å². The van der Waals surface area contributed by atoms with Gasteiger partial charge in [0, 0.05) is 31.5 Å². The van der Waals surface area contributed by atoms with Gasteiger partial charge in [0.1, 0.15) is 6.04 Å². The van der Waals surface area contributed by atoms with Gasteiger partial charge in [0.2, 0.25) is 21.8 Å².